The lowest BCUT2D eigenvalue weighted by Crippen LogP contribution is -2.17. The molecular formula is C12H13N3O. The molecule has 16 heavy (non-hydrogen) atoms. The van der Waals surface area contributed by atoms with Gasteiger partial charge in [0, 0.05) is 30.0 Å². The Labute approximate surface area is 93.9 Å². The van der Waals surface area contributed by atoms with E-state index in [0.29, 0.717) is 6.54 Å². The Morgan fingerprint density at radius 1 is 1.44 bits per heavy atom. The third-order valence-electron chi connectivity index (χ3n) is 2.17. The first-order chi connectivity index (χ1) is 7.74. The molecule has 0 aromatic carbocycles. The summed E-state index contributed by atoms with van der Waals surface area (Å²) in [5, 5.41) is 2.82. The number of aromatic nitrogens is 2. The van der Waals surface area contributed by atoms with Crippen molar-refractivity contribution in [3.8, 4) is 0 Å². The number of hydrogen-bond donors (Lipinski definition) is 1. The highest BCUT2D eigenvalue weighted by Gasteiger charge is 2.02. The molecule has 4 nitrogen and oxygen atoms in total. The predicted molar refractivity (Wildman–Crippen MR) is 62.0 cm³/mol. The van der Waals surface area contributed by atoms with Crippen LogP contribution in [0.4, 0.5) is 5.69 Å². The topological polar surface area (TPSA) is 46.9 Å². The van der Waals surface area contributed by atoms with Crippen molar-refractivity contribution in [1.82, 2.24) is 9.55 Å². The summed E-state index contributed by atoms with van der Waals surface area (Å²) >= 11 is 0. The van der Waals surface area contributed by atoms with Crippen LogP contribution in [0.1, 0.15) is 5.69 Å². The van der Waals surface area contributed by atoms with Gasteiger partial charge in [-0.1, -0.05) is 0 Å². The van der Waals surface area contributed by atoms with Gasteiger partial charge in [0.05, 0.1) is 0 Å². The van der Waals surface area contributed by atoms with E-state index in [9.17, 15) is 4.79 Å². The van der Waals surface area contributed by atoms with Crippen molar-refractivity contribution in [2.75, 3.05) is 5.32 Å². The van der Waals surface area contributed by atoms with E-state index < -0.39 is 0 Å². The van der Waals surface area contributed by atoms with Crippen molar-refractivity contribution >= 4 is 11.6 Å². The molecule has 2 aromatic rings. The highest BCUT2D eigenvalue weighted by Crippen LogP contribution is 2.07. The largest absolute Gasteiger partial charge is 0.345 e. The summed E-state index contributed by atoms with van der Waals surface area (Å²) in [6.07, 6.45) is 5.40. The normalized spacial score (nSPS) is 10.1. The monoisotopic (exact) mass is 215 g/mol. The Morgan fingerprint density at radius 2 is 2.19 bits per heavy atom. The van der Waals surface area contributed by atoms with E-state index in [4.69, 9.17) is 0 Å². The number of carbonyl (C=O) groups excluding carboxylic acids is 1. The lowest BCUT2D eigenvalue weighted by Gasteiger charge is -2.06. The molecule has 0 atom stereocenters. The van der Waals surface area contributed by atoms with Gasteiger partial charge in [-0.05, 0) is 31.2 Å². The average molecular weight is 215 g/mol. The minimum atomic E-state index is -0.0400. The van der Waals surface area contributed by atoms with Crippen LogP contribution in [0, 0.1) is 6.92 Å². The summed E-state index contributed by atoms with van der Waals surface area (Å²) in [5.41, 5.74) is 1.67. The van der Waals surface area contributed by atoms with E-state index in [-0.39, 0.29) is 5.91 Å². The molecule has 1 amide bonds. The minimum absolute atomic E-state index is 0.0400. The molecule has 0 aliphatic rings. The Hall–Kier alpha value is -2.10. The van der Waals surface area contributed by atoms with Crippen molar-refractivity contribution in [1.29, 1.82) is 0 Å². The van der Waals surface area contributed by atoms with Crippen LogP contribution in [0.5, 0.6) is 0 Å². The minimum Gasteiger partial charge on any atom is -0.345 e. The zero-order valence-corrected chi connectivity index (χ0v) is 9.05. The molecule has 0 aliphatic heterocycles. The predicted octanol–water partition coefficient (Wildman–Crippen LogP) is 1.83. The first kappa shape index (κ1) is 10.4. The van der Waals surface area contributed by atoms with Gasteiger partial charge in [0.15, 0.2) is 0 Å². The summed E-state index contributed by atoms with van der Waals surface area (Å²) in [7, 11) is 0. The number of hydrogen-bond acceptors (Lipinski definition) is 2. The number of anilines is 1. The lowest BCUT2D eigenvalue weighted by molar-refractivity contribution is -0.116. The van der Waals surface area contributed by atoms with Crippen LogP contribution < -0.4 is 5.32 Å². The van der Waals surface area contributed by atoms with Gasteiger partial charge in [-0.15, -0.1) is 0 Å². The van der Waals surface area contributed by atoms with E-state index in [2.05, 4.69) is 10.3 Å². The standard InChI is InChI=1S/C12H13N3O/c1-10-8-11(4-5-13-10)14-12(16)9-15-6-2-3-7-15/h2-8H,9H2,1H3,(H,13,14,16). The van der Waals surface area contributed by atoms with E-state index in [1.165, 1.54) is 0 Å². The van der Waals surface area contributed by atoms with Gasteiger partial charge in [-0.2, -0.15) is 0 Å². The molecule has 0 unspecified atom stereocenters. The number of carbonyl (C=O) groups is 1. The van der Waals surface area contributed by atoms with Gasteiger partial charge in [-0.25, -0.2) is 0 Å². The maximum atomic E-state index is 11.6. The molecule has 0 saturated heterocycles. The van der Waals surface area contributed by atoms with Gasteiger partial charge in [-0.3, -0.25) is 9.78 Å². The van der Waals surface area contributed by atoms with E-state index in [0.717, 1.165) is 11.4 Å². The van der Waals surface area contributed by atoms with Crippen LogP contribution in [-0.4, -0.2) is 15.5 Å². The van der Waals surface area contributed by atoms with Gasteiger partial charge in [0.2, 0.25) is 5.91 Å². The first-order valence-corrected chi connectivity index (χ1v) is 5.07. The molecular weight excluding hydrogens is 202 g/mol. The first-order valence-electron chi connectivity index (χ1n) is 5.07. The van der Waals surface area contributed by atoms with Crippen molar-refractivity contribution in [3.05, 3.63) is 48.5 Å². The number of aryl methyl sites for hydroxylation is 1. The second-order valence-corrected chi connectivity index (χ2v) is 3.59. The fourth-order valence-corrected chi connectivity index (χ4v) is 1.47. The molecule has 1 N–H and O–H groups in total. The van der Waals surface area contributed by atoms with Crippen molar-refractivity contribution < 1.29 is 4.79 Å². The Kier molecular flexibility index (Phi) is 3.00. The smallest absolute Gasteiger partial charge is 0.244 e. The average Bonchev–Trinajstić information content (AvgIpc) is 2.70. The SMILES string of the molecule is Cc1cc(NC(=O)Cn2cccc2)ccn1. The molecule has 4 heteroatoms. The van der Waals surface area contributed by atoms with Crippen LogP contribution in [-0.2, 0) is 11.3 Å². The second-order valence-electron chi connectivity index (χ2n) is 3.59. The maximum absolute atomic E-state index is 11.6. The zero-order chi connectivity index (χ0) is 11.4. The number of nitrogens with one attached hydrogen (secondary N) is 1. The highest BCUT2D eigenvalue weighted by atomic mass is 16.1. The van der Waals surface area contributed by atoms with Gasteiger partial charge in [0.1, 0.15) is 6.54 Å². The fourth-order valence-electron chi connectivity index (χ4n) is 1.47. The van der Waals surface area contributed by atoms with Gasteiger partial charge < -0.3 is 9.88 Å². The summed E-state index contributed by atoms with van der Waals surface area (Å²) in [6, 6.07) is 7.40. The van der Waals surface area contributed by atoms with E-state index in [1.54, 1.807) is 12.3 Å². The molecule has 0 fully saturated rings. The van der Waals surface area contributed by atoms with E-state index in [1.807, 2.05) is 42.1 Å². The van der Waals surface area contributed by atoms with Crippen LogP contribution in [0.2, 0.25) is 0 Å². The summed E-state index contributed by atoms with van der Waals surface area (Å²) in [4.78, 5) is 15.7. The molecule has 2 rings (SSSR count). The number of amides is 1. The third-order valence-corrected chi connectivity index (χ3v) is 2.17. The van der Waals surface area contributed by atoms with Gasteiger partial charge >= 0.3 is 0 Å². The summed E-state index contributed by atoms with van der Waals surface area (Å²) in [5.74, 6) is -0.0400. The number of rotatable bonds is 3. The van der Waals surface area contributed by atoms with Crippen LogP contribution in [0.15, 0.2) is 42.9 Å². The molecule has 0 spiro atoms. The molecule has 2 heterocycles. The molecule has 0 saturated carbocycles. The molecule has 82 valence electrons. The van der Waals surface area contributed by atoms with Gasteiger partial charge in [0.25, 0.3) is 0 Å². The maximum Gasteiger partial charge on any atom is 0.244 e. The lowest BCUT2D eigenvalue weighted by atomic mass is 10.3. The number of pyridine rings is 1. The second kappa shape index (κ2) is 4.61. The van der Waals surface area contributed by atoms with Crippen molar-refractivity contribution in [3.63, 3.8) is 0 Å². The molecule has 0 radical (unpaired) electrons. The van der Waals surface area contributed by atoms with Crippen LogP contribution in [0.3, 0.4) is 0 Å². The van der Waals surface area contributed by atoms with Crippen molar-refractivity contribution in [2.24, 2.45) is 0 Å². The van der Waals surface area contributed by atoms with E-state index >= 15 is 0 Å². The fraction of sp³-hybridized carbons (Fsp3) is 0.167. The molecule has 2 aromatic heterocycles. The quantitative estimate of drug-likeness (QED) is 0.849. The summed E-state index contributed by atoms with van der Waals surface area (Å²) in [6.45, 7) is 2.22. The van der Waals surface area contributed by atoms with Crippen LogP contribution >= 0.6 is 0 Å². The third kappa shape index (κ3) is 2.70. The zero-order valence-electron chi connectivity index (χ0n) is 9.05. The Morgan fingerprint density at radius 3 is 2.88 bits per heavy atom. The summed E-state index contributed by atoms with van der Waals surface area (Å²) < 4.78 is 1.82. The molecule has 0 bridgehead atoms. The Balaban J connectivity index is 1.97. The van der Waals surface area contributed by atoms with Crippen LogP contribution in [0.25, 0.3) is 0 Å². The number of nitrogens with zero attached hydrogens (tertiary/aromatic N) is 2. The van der Waals surface area contributed by atoms with Crippen molar-refractivity contribution in [2.45, 2.75) is 13.5 Å². The highest BCUT2D eigenvalue weighted by molar-refractivity contribution is 5.90. The Bertz CT molecular complexity index is 477. The molecule has 0 aliphatic carbocycles.